The topological polar surface area (TPSA) is 89.1 Å². The predicted molar refractivity (Wildman–Crippen MR) is 81.3 cm³/mol. The minimum absolute atomic E-state index is 0.0211. The lowest BCUT2D eigenvalue weighted by Gasteiger charge is -2.24. The van der Waals surface area contributed by atoms with E-state index < -0.39 is 17.8 Å². The van der Waals surface area contributed by atoms with Crippen molar-refractivity contribution in [1.29, 1.82) is 0 Å². The molecule has 1 aromatic carbocycles. The van der Waals surface area contributed by atoms with Crippen molar-refractivity contribution in [1.82, 2.24) is 0 Å². The van der Waals surface area contributed by atoms with Gasteiger partial charge in [-0.2, -0.15) is 0 Å². The third-order valence-electron chi connectivity index (χ3n) is 3.42. The Morgan fingerprint density at radius 1 is 1.36 bits per heavy atom. The van der Waals surface area contributed by atoms with Crippen LogP contribution in [0.1, 0.15) is 18.6 Å². The smallest absolute Gasteiger partial charge is 0.336 e. The second-order valence-corrected chi connectivity index (χ2v) is 4.97. The SMILES string of the molecule is C=C(C)[C@@H](O)[C@H](OC)c1cc2ccc(=O)oc2c(O)c1OC. The molecule has 0 unspecified atom stereocenters. The summed E-state index contributed by atoms with van der Waals surface area (Å²) in [5, 5.41) is 21.0. The summed E-state index contributed by atoms with van der Waals surface area (Å²) in [4.78, 5) is 11.3. The maximum atomic E-state index is 11.3. The van der Waals surface area contributed by atoms with Crippen LogP contribution in [0.15, 0.2) is 39.6 Å². The average molecular weight is 306 g/mol. The molecule has 2 atom stereocenters. The third-order valence-corrected chi connectivity index (χ3v) is 3.42. The van der Waals surface area contributed by atoms with Crippen molar-refractivity contribution >= 4 is 11.0 Å². The van der Waals surface area contributed by atoms with E-state index in [1.54, 1.807) is 13.0 Å². The first-order chi connectivity index (χ1) is 10.4. The number of ether oxygens (including phenoxy) is 2. The minimum Gasteiger partial charge on any atom is -0.502 e. The van der Waals surface area contributed by atoms with Gasteiger partial charge in [0, 0.05) is 24.1 Å². The molecule has 0 aliphatic rings. The zero-order valence-electron chi connectivity index (χ0n) is 12.6. The lowest BCUT2D eigenvalue weighted by atomic mass is 9.97. The average Bonchev–Trinajstić information content (AvgIpc) is 2.49. The van der Waals surface area contributed by atoms with Crippen molar-refractivity contribution in [2.75, 3.05) is 14.2 Å². The number of phenolic OH excluding ortho intramolecular Hbond substituents is 1. The van der Waals surface area contributed by atoms with E-state index in [1.165, 1.54) is 26.4 Å². The lowest BCUT2D eigenvalue weighted by Crippen LogP contribution is -2.21. The van der Waals surface area contributed by atoms with E-state index in [0.717, 1.165) is 0 Å². The first kappa shape index (κ1) is 16.1. The molecule has 0 saturated carbocycles. The fraction of sp³-hybridized carbons (Fsp3) is 0.312. The molecular formula is C16H18O6. The first-order valence-corrected chi connectivity index (χ1v) is 6.60. The van der Waals surface area contributed by atoms with Gasteiger partial charge in [0.15, 0.2) is 11.3 Å². The van der Waals surface area contributed by atoms with Crippen molar-refractivity contribution < 1.29 is 24.1 Å². The van der Waals surface area contributed by atoms with Gasteiger partial charge in [-0.05, 0) is 24.6 Å². The summed E-state index contributed by atoms with van der Waals surface area (Å²) in [6.45, 7) is 5.38. The molecule has 0 aliphatic heterocycles. The summed E-state index contributed by atoms with van der Waals surface area (Å²) in [7, 11) is 2.80. The Hall–Kier alpha value is -2.31. The van der Waals surface area contributed by atoms with Crippen molar-refractivity contribution in [3.05, 3.63) is 46.3 Å². The van der Waals surface area contributed by atoms with Crippen LogP contribution in [0.25, 0.3) is 11.0 Å². The molecule has 0 radical (unpaired) electrons. The van der Waals surface area contributed by atoms with Crippen molar-refractivity contribution in [2.24, 2.45) is 0 Å². The molecule has 22 heavy (non-hydrogen) atoms. The monoisotopic (exact) mass is 306 g/mol. The van der Waals surface area contributed by atoms with Gasteiger partial charge in [0.1, 0.15) is 12.2 Å². The van der Waals surface area contributed by atoms with E-state index in [-0.39, 0.29) is 17.1 Å². The van der Waals surface area contributed by atoms with Gasteiger partial charge in [-0.3, -0.25) is 0 Å². The van der Waals surface area contributed by atoms with Crippen molar-refractivity contribution in [3.8, 4) is 11.5 Å². The standard InChI is InChI=1S/C16H18O6/c1-8(2)12(18)15(20-3)10-7-9-5-6-11(17)22-14(9)13(19)16(10)21-4/h5-7,12,15,18-19H,1H2,2-4H3/t12-,15-/m1/s1. The van der Waals surface area contributed by atoms with Crippen LogP contribution in [0.3, 0.4) is 0 Å². The number of methoxy groups -OCH3 is 2. The Balaban J connectivity index is 2.74. The number of fused-ring (bicyclic) bond motifs is 1. The van der Waals surface area contributed by atoms with E-state index in [0.29, 0.717) is 16.5 Å². The van der Waals surface area contributed by atoms with Crippen LogP contribution in [-0.4, -0.2) is 30.5 Å². The number of benzene rings is 1. The third kappa shape index (κ3) is 2.70. The van der Waals surface area contributed by atoms with Crippen LogP contribution in [0.4, 0.5) is 0 Å². The van der Waals surface area contributed by atoms with Gasteiger partial charge in [0.05, 0.1) is 7.11 Å². The quantitative estimate of drug-likeness (QED) is 0.650. The molecule has 0 aliphatic carbocycles. The summed E-state index contributed by atoms with van der Waals surface area (Å²) in [5.74, 6) is -0.238. The molecule has 0 spiro atoms. The Morgan fingerprint density at radius 3 is 2.59 bits per heavy atom. The van der Waals surface area contributed by atoms with Gasteiger partial charge in [-0.15, -0.1) is 0 Å². The largest absolute Gasteiger partial charge is 0.502 e. The molecule has 0 fully saturated rings. The number of aromatic hydroxyl groups is 1. The fourth-order valence-electron chi connectivity index (χ4n) is 2.31. The summed E-state index contributed by atoms with van der Waals surface area (Å²) in [6.07, 6.45) is -1.76. The molecule has 0 bridgehead atoms. The Bertz CT molecular complexity index is 761. The van der Waals surface area contributed by atoms with Gasteiger partial charge in [0.2, 0.25) is 5.75 Å². The highest BCUT2D eigenvalue weighted by Crippen LogP contribution is 2.42. The molecule has 118 valence electrons. The van der Waals surface area contributed by atoms with E-state index in [4.69, 9.17) is 13.9 Å². The van der Waals surface area contributed by atoms with E-state index in [2.05, 4.69) is 6.58 Å². The maximum absolute atomic E-state index is 11.3. The normalized spacial score (nSPS) is 13.8. The highest BCUT2D eigenvalue weighted by atomic mass is 16.5. The second kappa shape index (κ2) is 6.21. The summed E-state index contributed by atoms with van der Waals surface area (Å²) >= 11 is 0. The zero-order chi connectivity index (χ0) is 16.4. The number of aliphatic hydroxyl groups is 1. The molecule has 6 heteroatoms. The summed E-state index contributed by atoms with van der Waals surface area (Å²) < 4.78 is 15.5. The molecule has 0 saturated heterocycles. The predicted octanol–water partition coefficient (Wildman–Crippen LogP) is 2.13. The Labute approximate surface area is 127 Å². The minimum atomic E-state index is -0.980. The molecule has 2 N–H and O–H groups in total. The fourth-order valence-corrected chi connectivity index (χ4v) is 2.31. The number of hydrogen-bond donors (Lipinski definition) is 2. The van der Waals surface area contributed by atoms with Crippen LogP contribution in [0.5, 0.6) is 11.5 Å². The Kier molecular flexibility index (Phi) is 4.54. The van der Waals surface area contributed by atoms with Crippen LogP contribution >= 0.6 is 0 Å². The van der Waals surface area contributed by atoms with Gasteiger partial charge < -0.3 is 24.1 Å². The molecule has 0 amide bonds. The number of phenols is 1. The van der Waals surface area contributed by atoms with Gasteiger partial charge in [0.25, 0.3) is 0 Å². The summed E-state index contributed by atoms with van der Waals surface area (Å²) in [6, 6.07) is 4.40. The number of hydrogen-bond acceptors (Lipinski definition) is 6. The number of rotatable bonds is 5. The van der Waals surface area contributed by atoms with Crippen LogP contribution in [-0.2, 0) is 4.74 Å². The molecule has 1 heterocycles. The van der Waals surface area contributed by atoms with Crippen LogP contribution in [0, 0.1) is 0 Å². The maximum Gasteiger partial charge on any atom is 0.336 e. The van der Waals surface area contributed by atoms with Gasteiger partial charge >= 0.3 is 5.63 Å². The van der Waals surface area contributed by atoms with E-state index >= 15 is 0 Å². The van der Waals surface area contributed by atoms with Crippen molar-refractivity contribution in [2.45, 2.75) is 19.1 Å². The van der Waals surface area contributed by atoms with E-state index in [9.17, 15) is 15.0 Å². The molecule has 1 aromatic heterocycles. The lowest BCUT2D eigenvalue weighted by molar-refractivity contribution is 0.00412. The first-order valence-electron chi connectivity index (χ1n) is 6.60. The van der Waals surface area contributed by atoms with E-state index in [1.807, 2.05) is 0 Å². The van der Waals surface area contributed by atoms with Crippen LogP contribution < -0.4 is 10.4 Å². The molecular weight excluding hydrogens is 288 g/mol. The van der Waals surface area contributed by atoms with Gasteiger partial charge in [-0.1, -0.05) is 6.58 Å². The zero-order valence-corrected chi connectivity index (χ0v) is 12.6. The highest BCUT2D eigenvalue weighted by molar-refractivity contribution is 5.86. The number of aliphatic hydroxyl groups excluding tert-OH is 1. The van der Waals surface area contributed by atoms with Crippen molar-refractivity contribution in [3.63, 3.8) is 0 Å². The van der Waals surface area contributed by atoms with Gasteiger partial charge in [-0.25, -0.2) is 4.79 Å². The highest BCUT2D eigenvalue weighted by Gasteiger charge is 2.28. The molecule has 2 rings (SSSR count). The molecule has 2 aromatic rings. The second-order valence-electron chi connectivity index (χ2n) is 4.97. The Morgan fingerprint density at radius 2 is 2.05 bits per heavy atom. The summed E-state index contributed by atoms with van der Waals surface area (Å²) in [5.41, 5.74) is 0.378. The molecule has 6 nitrogen and oxygen atoms in total. The van der Waals surface area contributed by atoms with Crippen LogP contribution in [0.2, 0.25) is 0 Å².